The zero-order valence-electron chi connectivity index (χ0n) is 15.0. The maximum atomic E-state index is 11.6. The molecule has 142 valence electrons. The van der Waals surface area contributed by atoms with Gasteiger partial charge in [-0.15, -0.1) is 24.0 Å². The summed E-state index contributed by atoms with van der Waals surface area (Å²) in [6.45, 7) is 6.90. The van der Waals surface area contributed by atoms with E-state index in [1.165, 1.54) is 4.90 Å². The highest BCUT2D eigenvalue weighted by Gasteiger charge is 2.09. The minimum absolute atomic E-state index is 0. The van der Waals surface area contributed by atoms with Gasteiger partial charge in [0.05, 0.1) is 19.8 Å². The lowest BCUT2D eigenvalue weighted by atomic mass is 10.3. The number of halogens is 1. The molecule has 0 aromatic rings. The summed E-state index contributed by atoms with van der Waals surface area (Å²) in [4.78, 5) is 19.9. The minimum Gasteiger partial charge on any atom is -0.383 e. The van der Waals surface area contributed by atoms with E-state index < -0.39 is 0 Å². The van der Waals surface area contributed by atoms with Crippen molar-refractivity contribution in [3.05, 3.63) is 0 Å². The van der Waals surface area contributed by atoms with E-state index in [2.05, 4.69) is 20.5 Å². The molecule has 1 fully saturated rings. The summed E-state index contributed by atoms with van der Waals surface area (Å²) < 4.78 is 10.4. The Morgan fingerprint density at radius 3 is 2.54 bits per heavy atom. The first-order valence-corrected chi connectivity index (χ1v) is 8.15. The van der Waals surface area contributed by atoms with Crippen molar-refractivity contribution in [2.45, 2.75) is 6.42 Å². The van der Waals surface area contributed by atoms with Crippen LogP contribution in [0.4, 0.5) is 0 Å². The lowest BCUT2D eigenvalue weighted by Gasteiger charge is -2.26. The number of morpholine rings is 1. The number of nitrogens with one attached hydrogen (secondary N) is 2. The Labute approximate surface area is 162 Å². The van der Waals surface area contributed by atoms with E-state index >= 15 is 0 Å². The Kier molecular flexibility index (Phi) is 14.3. The number of methoxy groups -OCH3 is 1. The summed E-state index contributed by atoms with van der Waals surface area (Å²) in [6.07, 6.45) is 1.02. The summed E-state index contributed by atoms with van der Waals surface area (Å²) >= 11 is 0. The molecule has 2 N–H and O–H groups in total. The molecule has 9 heteroatoms. The molecule has 0 saturated carbocycles. The molecule has 1 rings (SSSR count). The Morgan fingerprint density at radius 2 is 1.92 bits per heavy atom. The first kappa shape index (κ1) is 23.4. The zero-order chi connectivity index (χ0) is 16.9. The number of hydrogen-bond acceptors (Lipinski definition) is 5. The van der Waals surface area contributed by atoms with Crippen molar-refractivity contribution < 1.29 is 14.3 Å². The lowest BCUT2D eigenvalue weighted by Crippen LogP contribution is -2.42. The maximum Gasteiger partial charge on any atom is 0.243 e. The number of carbonyl (C=O) groups is 1. The van der Waals surface area contributed by atoms with Crippen molar-refractivity contribution in [3.63, 3.8) is 0 Å². The van der Waals surface area contributed by atoms with Crippen LogP contribution in [0.15, 0.2) is 4.99 Å². The Bertz CT molecular complexity index is 363. The van der Waals surface area contributed by atoms with Gasteiger partial charge in [0.25, 0.3) is 0 Å². The van der Waals surface area contributed by atoms with Crippen molar-refractivity contribution in [1.29, 1.82) is 0 Å². The molecule has 1 saturated heterocycles. The third-order valence-corrected chi connectivity index (χ3v) is 3.52. The third-order valence-electron chi connectivity index (χ3n) is 3.52. The van der Waals surface area contributed by atoms with E-state index in [0.29, 0.717) is 19.1 Å². The van der Waals surface area contributed by atoms with Crippen LogP contribution in [0.25, 0.3) is 0 Å². The summed E-state index contributed by atoms with van der Waals surface area (Å²) in [5.74, 6) is 0.630. The van der Waals surface area contributed by atoms with Crippen LogP contribution in [0.3, 0.4) is 0 Å². The molecule has 0 aromatic heterocycles. The van der Waals surface area contributed by atoms with Gasteiger partial charge in [0.2, 0.25) is 5.91 Å². The second-order valence-corrected chi connectivity index (χ2v) is 5.61. The van der Waals surface area contributed by atoms with E-state index in [9.17, 15) is 4.79 Å². The number of rotatable bonds is 9. The Balaban J connectivity index is 0.00000529. The van der Waals surface area contributed by atoms with Crippen molar-refractivity contribution in [2.24, 2.45) is 4.99 Å². The van der Waals surface area contributed by atoms with Gasteiger partial charge in [0.15, 0.2) is 5.96 Å². The van der Waals surface area contributed by atoms with Gasteiger partial charge in [0.1, 0.15) is 6.54 Å². The number of guanidine groups is 1. The molecule has 0 radical (unpaired) electrons. The van der Waals surface area contributed by atoms with Gasteiger partial charge >= 0.3 is 0 Å². The first-order chi connectivity index (χ1) is 11.1. The normalized spacial score (nSPS) is 15.5. The van der Waals surface area contributed by atoms with Crippen LogP contribution in [0.5, 0.6) is 0 Å². The topological polar surface area (TPSA) is 78.4 Å². The van der Waals surface area contributed by atoms with E-state index in [0.717, 1.165) is 45.8 Å². The Morgan fingerprint density at radius 1 is 1.25 bits per heavy atom. The molecule has 0 bridgehead atoms. The summed E-state index contributed by atoms with van der Waals surface area (Å²) in [5.41, 5.74) is 0. The average Bonchev–Trinajstić information content (AvgIpc) is 2.56. The number of carbonyl (C=O) groups excluding carboxylic acids is 1. The van der Waals surface area contributed by atoms with Crippen LogP contribution >= 0.6 is 24.0 Å². The highest BCUT2D eigenvalue weighted by atomic mass is 127. The first-order valence-electron chi connectivity index (χ1n) is 8.15. The van der Waals surface area contributed by atoms with Crippen LogP contribution in [-0.4, -0.2) is 102 Å². The van der Waals surface area contributed by atoms with Crippen LogP contribution in [0.1, 0.15) is 6.42 Å². The van der Waals surface area contributed by atoms with Gasteiger partial charge in [0, 0.05) is 47.4 Å². The molecule has 0 aromatic carbocycles. The highest BCUT2D eigenvalue weighted by Crippen LogP contribution is 1.97. The summed E-state index contributed by atoms with van der Waals surface area (Å²) in [5, 5.41) is 6.43. The summed E-state index contributed by atoms with van der Waals surface area (Å²) in [7, 11) is 5.11. The summed E-state index contributed by atoms with van der Waals surface area (Å²) in [6, 6.07) is 0. The molecule has 0 spiro atoms. The van der Waals surface area contributed by atoms with E-state index in [1.54, 1.807) is 21.2 Å². The third kappa shape index (κ3) is 11.0. The number of ether oxygens (including phenoxy) is 2. The number of amides is 1. The van der Waals surface area contributed by atoms with E-state index in [-0.39, 0.29) is 36.4 Å². The molecular formula is C15H32IN5O3. The second kappa shape index (κ2) is 14.7. The highest BCUT2D eigenvalue weighted by molar-refractivity contribution is 14.0. The van der Waals surface area contributed by atoms with Crippen LogP contribution in [0, 0.1) is 0 Å². The molecule has 1 aliphatic heterocycles. The Hall–Kier alpha value is -0.650. The van der Waals surface area contributed by atoms with Gasteiger partial charge in [-0.25, -0.2) is 4.99 Å². The zero-order valence-corrected chi connectivity index (χ0v) is 17.4. The van der Waals surface area contributed by atoms with Crippen molar-refractivity contribution in [1.82, 2.24) is 20.4 Å². The van der Waals surface area contributed by atoms with Crippen molar-refractivity contribution >= 4 is 35.8 Å². The maximum absolute atomic E-state index is 11.6. The molecule has 24 heavy (non-hydrogen) atoms. The van der Waals surface area contributed by atoms with Gasteiger partial charge < -0.3 is 25.0 Å². The van der Waals surface area contributed by atoms with E-state index in [1.807, 2.05) is 0 Å². The predicted molar refractivity (Wildman–Crippen MR) is 106 cm³/mol. The number of aliphatic imine (C=N–C) groups is 1. The number of hydrogen-bond donors (Lipinski definition) is 2. The minimum atomic E-state index is -0.0221. The molecule has 0 unspecified atom stereocenters. The quantitative estimate of drug-likeness (QED) is 0.212. The smallest absolute Gasteiger partial charge is 0.243 e. The fourth-order valence-electron chi connectivity index (χ4n) is 2.07. The molecule has 1 aliphatic rings. The number of likely N-dealkylation sites (N-methyl/N-ethyl adjacent to an activating group) is 1. The molecule has 8 nitrogen and oxygen atoms in total. The van der Waals surface area contributed by atoms with Gasteiger partial charge in [-0.1, -0.05) is 0 Å². The van der Waals surface area contributed by atoms with Gasteiger partial charge in [-0.2, -0.15) is 0 Å². The molecule has 1 heterocycles. The largest absolute Gasteiger partial charge is 0.383 e. The lowest BCUT2D eigenvalue weighted by molar-refractivity contribution is -0.127. The van der Waals surface area contributed by atoms with Gasteiger partial charge in [-0.3, -0.25) is 9.69 Å². The fraction of sp³-hybridized carbons (Fsp3) is 0.867. The monoisotopic (exact) mass is 457 g/mol. The SMILES string of the molecule is COCCNC(=NCC(=O)N(C)C)NCCCN1CCOCC1.I. The van der Waals surface area contributed by atoms with Crippen LogP contribution < -0.4 is 10.6 Å². The molecule has 0 aliphatic carbocycles. The van der Waals surface area contributed by atoms with E-state index in [4.69, 9.17) is 9.47 Å². The predicted octanol–water partition coefficient (Wildman–Crippen LogP) is -0.403. The second-order valence-electron chi connectivity index (χ2n) is 5.61. The van der Waals surface area contributed by atoms with Crippen molar-refractivity contribution in [3.8, 4) is 0 Å². The van der Waals surface area contributed by atoms with Crippen molar-refractivity contribution in [2.75, 3.05) is 80.3 Å². The number of nitrogens with zero attached hydrogens (tertiary/aromatic N) is 3. The van der Waals surface area contributed by atoms with Crippen LogP contribution in [0.2, 0.25) is 0 Å². The molecular weight excluding hydrogens is 425 g/mol. The molecule has 0 atom stereocenters. The fourth-order valence-corrected chi connectivity index (χ4v) is 2.07. The average molecular weight is 457 g/mol. The van der Waals surface area contributed by atoms with Gasteiger partial charge in [-0.05, 0) is 13.0 Å². The molecule has 1 amide bonds. The van der Waals surface area contributed by atoms with Crippen LogP contribution in [-0.2, 0) is 14.3 Å². The standard InChI is InChI=1S/C15H31N5O3.HI/c1-19(2)14(21)13-18-15(17-6-10-22-3)16-5-4-7-20-8-11-23-12-9-20;/h4-13H2,1-3H3,(H2,16,17,18);1H.